The summed E-state index contributed by atoms with van der Waals surface area (Å²) >= 11 is 3.06. The highest BCUT2D eigenvalue weighted by atomic mass is 127. The van der Waals surface area contributed by atoms with Gasteiger partial charge in [-0.1, -0.05) is 27.7 Å². The molecule has 0 aromatic carbocycles. The Labute approximate surface area is 181 Å². The average Bonchev–Trinajstić information content (AvgIpc) is 3.04. The number of rotatable bonds is 9. The van der Waals surface area contributed by atoms with Crippen LogP contribution >= 0.6 is 33.9 Å². The fourth-order valence-electron chi connectivity index (χ4n) is 2.25. The van der Waals surface area contributed by atoms with Crippen LogP contribution in [0.3, 0.4) is 0 Å². The number of nitrogens with two attached hydrogens (primary N) is 2. The molecule has 1 aromatic heterocycles. The van der Waals surface area contributed by atoms with Crippen LogP contribution in [0.1, 0.15) is 5.69 Å². The minimum Gasteiger partial charge on any atom is -0.447 e. The number of ether oxygens (including phenoxy) is 1. The zero-order valence-electron chi connectivity index (χ0n) is 14.3. The number of carbonyl (C=O) groups excluding carboxylic acids is 3. The molecule has 2 rings (SSSR count). The van der Waals surface area contributed by atoms with Crippen LogP contribution in [0, 0.1) is 0 Å². The average molecular weight is 562 g/mol. The topological polar surface area (TPSA) is 217 Å². The number of nitrogens with zero attached hydrogens (tertiary/aromatic N) is 3. The van der Waals surface area contributed by atoms with Crippen LogP contribution in [0.2, 0.25) is 0 Å². The van der Waals surface area contributed by atoms with E-state index in [0.717, 1.165) is 11.3 Å². The number of primary amides is 1. The van der Waals surface area contributed by atoms with Gasteiger partial charge in [0.25, 0.3) is 11.8 Å². The second kappa shape index (κ2) is 9.50. The maximum Gasteiger partial charge on any atom is 0.404 e. The van der Waals surface area contributed by atoms with Gasteiger partial charge in [0.2, 0.25) is 0 Å². The van der Waals surface area contributed by atoms with Gasteiger partial charge in [-0.2, -0.15) is 8.42 Å². The molecule has 1 aromatic rings. The van der Waals surface area contributed by atoms with Crippen molar-refractivity contribution in [1.82, 2.24) is 14.6 Å². The Hall–Kier alpha value is -2.25. The van der Waals surface area contributed by atoms with Crippen LogP contribution in [0.15, 0.2) is 10.5 Å². The maximum atomic E-state index is 12.6. The van der Waals surface area contributed by atoms with E-state index < -0.39 is 46.9 Å². The number of aromatic nitrogens is 1. The SMILES string of the molecule is NC(=O)OC[C@@H]1[C@H](NC(=O)C(=NOCCI)c2csc(N)n2)C(=O)N1S(=O)(=O)O. The van der Waals surface area contributed by atoms with Gasteiger partial charge in [-0.15, -0.1) is 11.3 Å². The van der Waals surface area contributed by atoms with Crippen molar-refractivity contribution in [1.29, 1.82) is 0 Å². The van der Waals surface area contributed by atoms with Crippen molar-refractivity contribution < 1.29 is 36.9 Å². The van der Waals surface area contributed by atoms with Crippen molar-refractivity contribution in [2.45, 2.75) is 12.1 Å². The first-order chi connectivity index (χ1) is 13.6. The van der Waals surface area contributed by atoms with E-state index in [-0.39, 0.29) is 27.4 Å². The summed E-state index contributed by atoms with van der Waals surface area (Å²) in [5, 5.41) is 7.53. The molecule has 14 nitrogen and oxygen atoms in total. The molecule has 3 amide bonds. The molecule has 2 atom stereocenters. The Balaban J connectivity index is 2.23. The predicted octanol–water partition coefficient (Wildman–Crippen LogP) is -1.53. The zero-order chi connectivity index (χ0) is 21.8. The van der Waals surface area contributed by atoms with Gasteiger partial charge in [-0.25, -0.2) is 14.1 Å². The summed E-state index contributed by atoms with van der Waals surface area (Å²) in [6.07, 6.45) is -1.24. The number of nitrogens with one attached hydrogen (secondary N) is 1. The Kier molecular flexibility index (Phi) is 7.54. The molecule has 0 spiro atoms. The van der Waals surface area contributed by atoms with E-state index in [1.165, 1.54) is 5.38 Å². The predicted molar refractivity (Wildman–Crippen MR) is 108 cm³/mol. The number of anilines is 1. The van der Waals surface area contributed by atoms with Gasteiger partial charge in [0.1, 0.15) is 31.0 Å². The van der Waals surface area contributed by atoms with Crippen LogP contribution in [-0.2, 0) is 29.5 Å². The lowest BCUT2D eigenvalue weighted by Gasteiger charge is -2.43. The van der Waals surface area contributed by atoms with E-state index in [1.54, 1.807) is 0 Å². The van der Waals surface area contributed by atoms with E-state index in [1.807, 2.05) is 22.6 Å². The molecule has 17 heteroatoms. The molecule has 0 unspecified atom stereocenters. The van der Waals surface area contributed by atoms with E-state index in [0.29, 0.717) is 4.43 Å². The van der Waals surface area contributed by atoms with Gasteiger partial charge < -0.3 is 26.4 Å². The summed E-state index contributed by atoms with van der Waals surface area (Å²) in [4.78, 5) is 44.4. The molecule has 1 saturated heterocycles. The smallest absolute Gasteiger partial charge is 0.404 e. The molecular formula is C12H15IN6O8S2. The van der Waals surface area contributed by atoms with Crippen molar-refractivity contribution in [3.63, 3.8) is 0 Å². The Morgan fingerprint density at radius 1 is 1.48 bits per heavy atom. The number of alkyl halides is 1. The third-order valence-electron chi connectivity index (χ3n) is 3.40. The third-order valence-corrected chi connectivity index (χ3v) is 5.47. The first-order valence-electron chi connectivity index (χ1n) is 7.57. The number of amides is 3. The van der Waals surface area contributed by atoms with Crippen molar-refractivity contribution >= 4 is 73.0 Å². The Morgan fingerprint density at radius 2 is 2.17 bits per heavy atom. The normalized spacial score (nSPS) is 19.4. The minimum atomic E-state index is -4.95. The van der Waals surface area contributed by atoms with Crippen LogP contribution in [-0.4, -0.2) is 75.6 Å². The molecule has 0 bridgehead atoms. The van der Waals surface area contributed by atoms with E-state index in [2.05, 4.69) is 20.2 Å². The number of thiazole rings is 1. The minimum absolute atomic E-state index is 0.0606. The quantitative estimate of drug-likeness (QED) is 0.0518. The second-order valence-corrected chi connectivity index (χ2v) is 8.55. The van der Waals surface area contributed by atoms with E-state index in [9.17, 15) is 22.8 Å². The standard InChI is InChI=1S/C12H15IN6O8S2/c13-1-2-27-18-7(5-4-28-11(14)16-5)9(20)17-8-6(3-26-12(15)22)19(10(8)21)29(23,24)25/h4,6,8H,1-3H2,(H2,14,16)(H2,15,22)(H,17,20)(H,23,24,25)/t6-,8+/m1/s1. The largest absolute Gasteiger partial charge is 0.447 e. The van der Waals surface area contributed by atoms with Gasteiger partial charge in [0, 0.05) is 9.81 Å². The van der Waals surface area contributed by atoms with Crippen LogP contribution in [0.5, 0.6) is 0 Å². The molecule has 1 aliphatic rings. The molecular weight excluding hydrogens is 547 g/mol. The fraction of sp³-hybridized carbons (Fsp3) is 0.417. The maximum absolute atomic E-state index is 12.6. The molecule has 160 valence electrons. The number of nitrogen functional groups attached to an aromatic ring is 1. The summed E-state index contributed by atoms with van der Waals surface area (Å²) in [6.45, 7) is -0.502. The molecule has 0 saturated carbocycles. The highest BCUT2D eigenvalue weighted by Crippen LogP contribution is 2.24. The van der Waals surface area contributed by atoms with E-state index in [4.69, 9.17) is 20.9 Å². The Morgan fingerprint density at radius 3 is 2.69 bits per heavy atom. The molecule has 6 N–H and O–H groups in total. The highest BCUT2D eigenvalue weighted by molar-refractivity contribution is 14.1. The number of β-lactam (4-membered cyclic amide) rings is 1. The van der Waals surface area contributed by atoms with Gasteiger partial charge in [-0.05, 0) is 0 Å². The second-order valence-electron chi connectivity index (χ2n) is 5.29. The van der Waals surface area contributed by atoms with Crippen molar-refractivity contribution in [3.8, 4) is 0 Å². The van der Waals surface area contributed by atoms with Crippen LogP contribution < -0.4 is 16.8 Å². The van der Waals surface area contributed by atoms with Gasteiger partial charge in [0.05, 0.1) is 0 Å². The molecule has 1 fully saturated rings. The first kappa shape index (κ1) is 23.0. The number of halogens is 1. The third kappa shape index (κ3) is 5.64. The monoisotopic (exact) mass is 562 g/mol. The lowest BCUT2D eigenvalue weighted by molar-refractivity contribution is -0.146. The highest BCUT2D eigenvalue weighted by Gasteiger charge is 2.54. The summed E-state index contributed by atoms with van der Waals surface area (Å²) in [5.41, 5.74) is 10.1. The molecule has 0 aliphatic carbocycles. The van der Waals surface area contributed by atoms with E-state index >= 15 is 0 Å². The molecule has 29 heavy (non-hydrogen) atoms. The van der Waals surface area contributed by atoms with Gasteiger partial charge in [-0.3, -0.25) is 14.1 Å². The van der Waals surface area contributed by atoms with Crippen LogP contribution in [0.4, 0.5) is 9.93 Å². The fourth-order valence-corrected chi connectivity index (χ4v) is 3.86. The Bertz CT molecular complexity index is 935. The number of oxime groups is 1. The van der Waals surface area contributed by atoms with Crippen molar-refractivity contribution in [2.24, 2.45) is 10.9 Å². The summed E-state index contributed by atoms with van der Waals surface area (Å²) < 4.78 is 37.0. The summed E-state index contributed by atoms with van der Waals surface area (Å²) in [7, 11) is -4.95. The molecule has 0 radical (unpaired) electrons. The van der Waals surface area contributed by atoms with Crippen molar-refractivity contribution in [2.75, 3.05) is 23.4 Å². The molecule has 2 heterocycles. The van der Waals surface area contributed by atoms with Crippen molar-refractivity contribution in [3.05, 3.63) is 11.1 Å². The number of carbonyl (C=O) groups is 3. The lowest BCUT2D eigenvalue weighted by Crippen LogP contribution is -2.73. The number of hydrogen-bond donors (Lipinski definition) is 4. The molecule has 1 aliphatic heterocycles. The summed E-state index contributed by atoms with van der Waals surface area (Å²) in [5.74, 6) is -2.08. The van der Waals surface area contributed by atoms with Crippen LogP contribution in [0.25, 0.3) is 0 Å². The van der Waals surface area contributed by atoms with Gasteiger partial charge in [0.15, 0.2) is 10.8 Å². The lowest BCUT2D eigenvalue weighted by atomic mass is 9.99. The first-order valence-corrected chi connectivity index (χ1v) is 11.4. The van der Waals surface area contributed by atoms with Gasteiger partial charge >= 0.3 is 16.4 Å². The number of hydrogen-bond acceptors (Lipinski definition) is 11. The zero-order valence-corrected chi connectivity index (χ0v) is 18.1. The summed E-state index contributed by atoms with van der Waals surface area (Å²) in [6, 6.07) is -2.86.